The molecule has 0 unspecified atom stereocenters. The Kier molecular flexibility index (Phi) is 6.28. The standard InChI is InChI=1S/C21H26ClN3O/c22-18-5-1-4-17(13-18)21(15-23)10-8-19(9-11-21)25-20(26)7-6-16-3-2-12-24-14-16/h1-5,12-14,19H,6-11,15,23H2,(H,25,26)/t19-,21-. The van der Waals surface area contributed by atoms with Gasteiger partial charge in [-0.15, -0.1) is 0 Å². The highest BCUT2D eigenvalue weighted by Crippen LogP contribution is 2.39. The van der Waals surface area contributed by atoms with Crippen LogP contribution in [0.3, 0.4) is 0 Å². The molecule has 0 bridgehead atoms. The highest BCUT2D eigenvalue weighted by Gasteiger charge is 2.36. The highest BCUT2D eigenvalue weighted by atomic mass is 35.5. The molecule has 3 rings (SSSR count). The molecule has 5 heteroatoms. The van der Waals surface area contributed by atoms with Gasteiger partial charge < -0.3 is 11.1 Å². The van der Waals surface area contributed by atoms with Crippen molar-refractivity contribution >= 4 is 17.5 Å². The van der Waals surface area contributed by atoms with E-state index in [-0.39, 0.29) is 17.4 Å². The van der Waals surface area contributed by atoms with Crippen molar-refractivity contribution in [1.82, 2.24) is 10.3 Å². The van der Waals surface area contributed by atoms with Gasteiger partial charge in [0.25, 0.3) is 0 Å². The third-order valence-electron chi connectivity index (χ3n) is 5.50. The first-order valence-corrected chi connectivity index (χ1v) is 9.63. The third-order valence-corrected chi connectivity index (χ3v) is 5.73. The first-order chi connectivity index (χ1) is 12.6. The molecule has 1 aliphatic carbocycles. The average molecular weight is 372 g/mol. The molecule has 3 N–H and O–H groups in total. The van der Waals surface area contributed by atoms with Gasteiger partial charge in [-0.2, -0.15) is 0 Å². The molecule has 0 atom stereocenters. The van der Waals surface area contributed by atoms with Crippen LogP contribution in [0.4, 0.5) is 0 Å². The normalized spacial score (nSPS) is 22.8. The first-order valence-electron chi connectivity index (χ1n) is 9.26. The maximum atomic E-state index is 12.3. The molecule has 1 aromatic heterocycles. The van der Waals surface area contributed by atoms with Gasteiger partial charge in [0.2, 0.25) is 5.91 Å². The van der Waals surface area contributed by atoms with Gasteiger partial charge >= 0.3 is 0 Å². The van der Waals surface area contributed by atoms with E-state index in [9.17, 15) is 4.79 Å². The van der Waals surface area contributed by atoms with Crippen LogP contribution in [0.15, 0.2) is 48.8 Å². The summed E-state index contributed by atoms with van der Waals surface area (Å²) < 4.78 is 0. The zero-order chi connectivity index (χ0) is 18.4. The van der Waals surface area contributed by atoms with Gasteiger partial charge in [0.15, 0.2) is 0 Å². The Morgan fingerprint density at radius 1 is 1.27 bits per heavy atom. The van der Waals surface area contributed by atoms with E-state index in [0.29, 0.717) is 13.0 Å². The average Bonchev–Trinajstić information content (AvgIpc) is 2.68. The maximum Gasteiger partial charge on any atom is 0.220 e. The first kappa shape index (κ1) is 18.9. The summed E-state index contributed by atoms with van der Waals surface area (Å²) in [5.74, 6) is 0.113. The Labute approximate surface area is 160 Å². The second-order valence-electron chi connectivity index (χ2n) is 7.20. The number of halogens is 1. The minimum absolute atomic E-state index is 0.0260. The molecule has 0 spiro atoms. The summed E-state index contributed by atoms with van der Waals surface area (Å²) in [6.07, 6.45) is 8.61. The molecule has 1 heterocycles. The second-order valence-corrected chi connectivity index (χ2v) is 7.63. The van der Waals surface area contributed by atoms with E-state index >= 15 is 0 Å². The summed E-state index contributed by atoms with van der Waals surface area (Å²) in [7, 11) is 0. The van der Waals surface area contributed by atoms with Crippen molar-refractivity contribution in [2.45, 2.75) is 50.0 Å². The number of benzene rings is 1. The second kappa shape index (κ2) is 8.65. The molecule has 2 aromatic rings. The third kappa shape index (κ3) is 4.63. The smallest absolute Gasteiger partial charge is 0.220 e. The fraction of sp³-hybridized carbons (Fsp3) is 0.429. The van der Waals surface area contributed by atoms with Gasteiger partial charge in [-0.3, -0.25) is 9.78 Å². The van der Waals surface area contributed by atoms with Crippen molar-refractivity contribution in [2.75, 3.05) is 6.54 Å². The van der Waals surface area contributed by atoms with E-state index in [1.165, 1.54) is 5.56 Å². The summed E-state index contributed by atoms with van der Waals surface area (Å²) >= 11 is 6.16. The molecule has 1 saturated carbocycles. The number of aromatic nitrogens is 1. The van der Waals surface area contributed by atoms with Crippen molar-refractivity contribution in [3.63, 3.8) is 0 Å². The van der Waals surface area contributed by atoms with E-state index in [1.54, 1.807) is 6.20 Å². The Bertz CT molecular complexity index is 727. The van der Waals surface area contributed by atoms with Gasteiger partial charge in [0, 0.05) is 41.8 Å². The van der Waals surface area contributed by atoms with E-state index in [1.807, 2.05) is 36.5 Å². The van der Waals surface area contributed by atoms with Gasteiger partial charge in [-0.25, -0.2) is 0 Å². The molecule has 1 fully saturated rings. The lowest BCUT2D eigenvalue weighted by Gasteiger charge is -2.40. The molecular weight excluding hydrogens is 346 g/mol. The summed E-state index contributed by atoms with van der Waals surface area (Å²) in [4.78, 5) is 16.3. The Balaban J connectivity index is 1.52. The van der Waals surface area contributed by atoms with Crippen molar-refractivity contribution in [1.29, 1.82) is 0 Å². The molecular formula is C21H26ClN3O. The lowest BCUT2D eigenvalue weighted by molar-refractivity contribution is -0.122. The van der Waals surface area contributed by atoms with Crippen LogP contribution in [-0.2, 0) is 16.6 Å². The highest BCUT2D eigenvalue weighted by molar-refractivity contribution is 6.30. The Hall–Kier alpha value is -1.91. The number of nitrogens with two attached hydrogens (primary N) is 1. The number of carbonyl (C=O) groups is 1. The molecule has 0 radical (unpaired) electrons. The maximum absolute atomic E-state index is 12.3. The summed E-state index contributed by atoms with van der Waals surface area (Å²) in [5.41, 5.74) is 8.43. The van der Waals surface area contributed by atoms with Crippen LogP contribution in [-0.4, -0.2) is 23.5 Å². The largest absolute Gasteiger partial charge is 0.353 e. The summed E-state index contributed by atoms with van der Waals surface area (Å²) in [5, 5.41) is 3.94. The Morgan fingerprint density at radius 2 is 2.08 bits per heavy atom. The number of pyridine rings is 1. The van der Waals surface area contributed by atoms with Crippen LogP contribution < -0.4 is 11.1 Å². The zero-order valence-electron chi connectivity index (χ0n) is 15.0. The molecule has 1 aliphatic rings. The zero-order valence-corrected chi connectivity index (χ0v) is 15.7. The minimum atomic E-state index is -0.0260. The number of hydrogen-bond acceptors (Lipinski definition) is 3. The van der Waals surface area contributed by atoms with Gasteiger partial charge in [-0.05, 0) is 61.4 Å². The van der Waals surface area contributed by atoms with Crippen molar-refractivity contribution in [3.05, 3.63) is 64.9 Å². The number of nitrogens with one attached hydrogen (secondary N) is 1. The number of aryl methyl sites for hydroxylation is 1. The van der Waals surface area contributed by atoms with Crippen molar-refractivity contribution in [2.24, 2.45) is 5.73 Å². The fourth-order valence-corrected chi connectivity index (χ4v) is 4.04. The topological polar surface area (TPSA) is 68.0 Å². The van der Waals surface area contributed by atoms with E-state index in [2.05, 4.69) is 16.4 Å². The fourth-order valence-electron chi connectivity index (χ4n) is 3.85. The molecule has 138 valence electrons. The van der Waals surface area contributed by atoms with Crippen molar-refractivity contribution < 1.29 is 4.79 Å². The van der Waals surface area contributed by atoms with Crippen LogP contribution in [0.5, 0.6) is 0 Å². The van der Waals surface area contributed by atoms with Crippen molar-refractivity contribution in [3.8, 4) is 0 Å². The van der Waals surface area contributed by atoms with E-state index < -0.39 is 0 Å². The molecule has 0 saturated heterocycles. The molecule has 0 aliphatic heterocycles. The van der Waals surface area contributed by atoms with Crippen LogP contribution in [0.2, 0.25) is 5.02 Å². The van der Waals surface area contributed by atoms with Gasteiger partial charge in [0.1, 0.15) is 0 Å². The molecule has 26 heavy (non-hydrogen) atoms. The lowest BCUT2D eigenvalue weighted by Crippen LogP contribution is -2.45. The number of hydrogen-bond donors (Lipinski definition) is 2. The van der Waals surface area contributed by atoms with Gasteiger partial charge in [-0.1, -0.05) is 29.8 Å². The minimum Gasteiger partial charge on any atom is -0.353 e. The summed E-state index contributed by atoms with van der Waals surface area (Å²) in [6.45, 7) is 0.606. The predicted molar refractivity (Wildman–Crippen MR) is 105 cm³/mol. The lowest BCUT2D eigenvalue weighted by atomic mass is 9.68. The van der Waals surface area contributed by atoms with Crippen LogP contribution in [0.1, 0.15) is 43.2 Å². The Morgan fingerprint density at radius 3 is 2.73 bits per heavy atom. The monoisotopic (exact) mass is 371 g/mol. The molecule has 4 nitrogen and oxygen atoms in total. The molecule has 1 aromatic carbocycles. The number of nitrogens with zero attached hydrogens (tertiary/aromatic N) is 1. The quantitative estimate of drug-likeness (QED) is 0.814. The van der Waals surface area contributed by atoms with Crippen LogP contribution in [0, 0.1) is 0 Å². The van der Waals surface area contributed by atoms with Crippen LogP contribution in [0.25, 0.3) is 0 Å². The van der Waals surface area contributed by atoms with Gasteiger partial charge in [0.05, 0.1) is 0 Å². The summed E-state index contributed by atoms with van der Waals surface area (Å²) in [6, 6.07) is 12.2. The predicted octanol–water partition coefficient (Wildman–Crippen LogP) is 3.62. The van der Waals surface area contributed by atoms with E-state index in [0.717, 1.165) is 42.7 Å². The molecule has 1 amide bonds. The SMILES string of the molecule is NC[C@]1(c2cccc(Cl)c2)CC[C@H](NC(=O)CCc2cccnc2)CC1. The number of rotatable bonds is 6. The van der Waals surface area contributed by atoms with E-state index in [4.69, 9.17) is 17.3 Å². The van der Waals surface area contributed by atoms with Crippen LogP contribution >= 0.6 is 11.6 Å². The number of carbonyl (C=O) groups excluding carboxylic acids is 1. The number of amides is 1.